The minimum atomic E-state index is -3.64. The Hall–Kier alpha value is -2.69. The quantitative estimate of drug-likeness (QED) is 0.519. The van der Waals surface area contributed by atoms with E-state index in [4.69, 9.17) is 0 Å². The van der Waals surface area contributed by atoms with Crippen molar-refractivity contribution in [1.29, 1.82) is 0 Å². The lowest BCUT2D eigenvalue weighted by Gasteiger charge is -2.27. The number of benzene rings is 3. The number of hydrogen-bond donors (Lipinski definition) is 0. The third kappa shape index (κ3) is 3.11. The lowest BCUT2D eigenvalue weighted by Crippen LogP contribution is -2.31. The first-order chi connectivity index (χ1) is 14.4. The number of nitrogens with zero attached hydrogens (tertiary/aromatic N) is 1. The fraction of sp³-hybridized carbons (Fsp3) is 0.231. The molecule has 1 fully saturated rings. The molecule has 3 nitrogen and oxygen atoms in total. The fourth-order valence-corrected chi connectivity index (χ4v) is 6.36. The third-order valence-corrected chi connectivity index (χ3v) is 8.10. The van der Waals surface area contributed by atoms with Gasteiger partial charge in [-0.1, -0.05) is 85.3 Å². The lowest BCUT2D eigenvalue weighted by molar-refractivity contribution is 0.410. The van der Waals surface area contributed by atoms with Gasteiger partial charge in [0.2, 0.25) is 10.0 Å². The van der Waals surface area contributed by atoms with E-state index >= 15 is 0 Å². The largest absolute Gasteiger partial charge is 0.243 e. The van der Waals surface area contributed by atoms with Crippen LogP contribution in [-0.4, -0.2) is 19.3 Å². The summed E-state index contributed by atoms with van der Waals surface area (Å²) < 4.78 is 29.2. The van der Waals surface area contributed by atoms with Crippen LogP contribution in [0.4, 0.5) is 0 Å². The molecule has 0 radical (unpaired) electrons. The van der Waals surface area contributed by atoms with Gasteiger partial charge in [0.15, 0.2) is 0 Å². The fourth-order valence-electron chi connectivity index (χ4n) is 4.74. The molecule has 4 heteroatoms. The number of aryl methyl sites for hydroxylation is 1. The normalized spacial score (nSPS) is 24.1. The molecule has 1 saturated heterocycles. The zero-order chi connectivity index (χ0) is 20.9. The second kappa shape index (κ2) is 7.22. The summed E-state index contributed by atoms with van der Waals surface area (Å²) in [4.78, 5) is 0.356. The first-order valence-corrected chi connectivity index (χ1v) is 11.9. The van der Waals surface area contributed by atoms with E-state index in [1.807, 2.05) is 37.3 Å². The number of sulfonamides is 1. The van der Waals surface area contributed by atoms with Crippen LogP contribution in [0.5, 0.6) is 0 Å². The topological polar surface area (TPSA) is 37.4 Å². The molecule has 0 N–H and O–H groups in total. The van der Waals surface area contributed by atoms with Gasteiger partial charge in [-0.2, -0.15) is 4.31 Å². The summed E-state index contributed by atoms with van der Waals surface area (Å²) in [5.41, 5.74) is 3.30. The SMILES string of the molecule is Cc1ccc(S(=O)(=O)N2C[C@@H]3C=C[C@H](C)C=C3C2c2cccc3ccccc23)cc1. The molecule has 2 aliphatic rings. The van der Waals surface area contributed by atoms with Gasteiger partial charge in [-0.3, -0.25) is 0 Å². The van der Waals surface area contributed by atoms with E-state index in [0.717, 1.165) is 21.9 Å². The summed E-state index contributed by atoms with van der Waals surface area (Å²) in [6.07, 6.45) is 6.61. The van der Waals surface area contributed by atoms with Crippen molar-refractivity contribution in [2.75, 3.05) is 6.54 Å². The van der Waals surface area contributed by atoms with Crippen LogP contribution in [0.1, 0.15) is 24.1 Å². The Morgan fingerprint density at radius 3 is 2.43 bits per heavy atom. The highest BCUT2D eigenvalue weighted by molar-refractivity contribution is 7.89. The summed E-state index contributed by atoms with van der Waals surface area (Å²) >= 11 is 0. The van der Waals surface area contributed by atoms with E-state index in [-0.39, 0.29) is 12.0 Å². The molecule has 0 spiro atoms. The van der Waals surface area contributed by atoms with Gasteiger partial charge in [0.25, 0.3) is 0 Å². The van der Waals surface area contributed by atoms with E-state index in [1.165, 1.54) is 5.57 Å². The van der Waals surface area contributed by atoms with Crippen molar-refractivity contribution in [3.8, 4) is 0 Å². The molecule has 0 aromatic heterocycles. The van der Waals surface area contributed by atoms with Crippen molar-refractivity contribution >= 4 is 20.8 Å². The van der Waals surface area contributed by atoms with Crippen LogP contribution in [0, 0.1) is 18.8 Å². The Kier molecular flexibility index (Phi) is 4.64. The van der Waals surface area contributed by atoms with Crippen molar-refractivity contribution in [3.63, 3.8) is 0 Å². The Labute approximate surface area is 178 Å². The molecule has 3 aromatic rings. The Bertz CT molecular complexity index is 1270. The average Bonchev–Trinajstić information content (AvgIpc) is 3.13. The smallest absolute Gasteiger partial charge is 0.207 e. The van der Waals surface area contributed by atoms with Gasteiger partial charge in [-0.05, 0) is 46.9 Å². The monoisotopic (exact) mass is 415 g/mol. The van der Waals surface area contributed by atoms with E-state index in [0.29, 0.717) is 17.4 Å². The molecule has 0 amide bonds. The first-order valence-electron chi connectivity index (χ1n) is 10.4. The first kappa shape index (κ1) is 19.3. The number of allylic oxidation sites excluding steroid dienone is 2. The molecule has 3 aromatic carbocycles. The van der Waals surface area contributed by atoms with Crippen LogP contribution in [0.15, 0.2) is 95.4 Å². The standard InChI is InChI=1S/C26H25NO2S/c1-18-11-14-22(15-12-18)30(28,29)27-17-21-13-10-19(2)16-25(21)26(27)24-9-5-7-20-6-3-4-8-23(20)24/h3-16,19,21,26H,17H2,1-2H3/t19-,21-,26?/m0/s1. The predicted molar refractivity (Wildman–Crippen MR) is 122 cm³/mol. The summed E-state index contributed by atoms with van der Waals surface area (Å²) in [6.45, 7) is 4.59. The predicted octanol–water partition coefficient (Wildman–Crippen LogP) is 5.64. The second-order valence-electron chi connectivity index (χ2n) is 8.38. The molecule has 1 unspecified atom stereocenters. The average molecular weight is 416 g/mol. The molecule has 0 bridgehead atoms. The van der Waals surface area contributed by atoms with Crippen molar-refractivity contribution in [2.45, 2.75) is 24.8 Å². The zero-order valence-electron chi connectivity index (χ0n) is 17.2. The highest BCUT2D eigenvalue weighted by Gasteiger charge is 2.44. The van der Waals surface area contributed by atoms with E-state index in [1.54, 1.807) is 16.4 Å². The van der Waals surface area contributed by atoms with Crippen LogP contribution in [0.25, 0.3) is 10.8 Å². The third-order valence-electron chi connectivity index (χ3n) is 6.26. The molecule has 3 atom stereocenters. The second-order valence-corrected chi connectivity index (χ2v) is 10.3. The molecule has 5 rings (SSSR count). The van der Waals surface area contributed by atoms with Gasteiger partial charge in [-0.25, -0.2) is 8.42 Å². The lowest BCUT2D eigenvalue weighted by atomic mass is 9.85. The van der Waals surface area contributed by atoms with Crippen molar-refractivity contribution in [3.05, 3.63) is 102 Å². The van der Waals surface area contributed by atoms with Crippen LogP contribution < -0.4 is 0 Å². The van der Waals surface area contributed by atoms with Crippen LogP contribution in [-0.2, 0) is 10.0 Å². The molecule has 1 heterocycles. The molecular weight excluding hydrogens is 390 g/mol. The Balaban J connectivity index is 1.71. The minimum absolute atomic E-state index is 0.116. The van der Waals surface area contributed by atoms with Crippen LogP contribution in [0.2, 0.25) is 0 Å². The Morgan fingerprint density at radius 2 is 1.63 bits per heavy atom. The van der Waals surface area contributed by atoms with Gasteiger partial charge >= 0.3 is 0 Å². The van der Waals surface area contributed by atoms with Crippen LogP contribution in [0.3, 0.4) is 0 Å². The summed E-state index contributed by atoms with van der Waals surface area (Å²) in [6, 6.07) is 21.3. The molecule has 1 aliphatic carbocycles. The van der Waals surface area contributed by atoms with E-state index in [2.05, 4.69) is 49.4 Å². The molecule has 1 aliphatic heterocycles. The van der Waals surface area contributed by atoms with E-state index < -0.39 is 10.0 Å². The maximum Gasteiger partial charge on any atom is 0.243 e. The minimum Gasteiger partial charge on any atom is -0.207 e. The highest BCUT2D eigenvalue weighted by Crippen LogP contribution is 2.47. The van der Waals surface area contributed by atoms with Crippen molar-refractivity contribution in [1.82, 2.24) is 4.31 Å². The molecular formula is C26H25NO2S. The summed E-state index contributed by atoms with van der Waals surface area (Å²) in [7, 11) is -3.64. The molecule has 152 valence electrons. The maximum atomic E-state index is 13.8. The highest BCUT2D eigenvalue weighted by atomic mass is 32.2. The van der Waals surface area contributed by atoms with Gasteiger partial charge in [0.05, 0.1) is 10.9 Å². The van der Waals surface area contributed by atoms with Crippen LogP contribution >= 0.6 is 0 Å². The van der Waals surface area contributed by atoms with Crippen molar-refractivity contribution in [2.24, 2.45) is 11.8 Å². The summed E-state index contributed by atoms with van der Waals surface area (Å²) in [5.74, 6) is 0.418. The van der Waals surface area contributed by atoms with Gasteiger partial charge in [0, 0.05) is 12.5 Å². The number of fused-ring (bicyclic) bond motifs is 2. The Morgan fingerprint density at radius 1 is 0.900 bits per heavy atom. The molecule has 30 heavy (non-hydrogen) atoms. The summed E-state index contributed by atoms with van der Waals surface area (Å²) in [5, 5.41) is 2.24. The van der Waals surface area contributed by atoms with Gasteiger partial charge in [0.1, 0.15) is 0 Å². The van der Waals surface area contributed by atoms with Gasteiger partial charge in [-0.15, -0.1) is 0 Å². The molecule has 0 saturated carbocycles. The zero-order valence-corrected chi connectivity index (χ0v) is 18.0. The van der Waals surface area contributed by atoms with Crippen molar-refractivity contribution < 1.29 is 8.42 Å². The van der Waals surface area contributed by atoms with E-state index in [9.17, 15) is 8.42 Å². The maximum absolute atomic E-state index is 13.8. The number of rotatable bonds is 3. The van der Waals surface area contributed by atoms with Gasteiger partial charge < -0.3 is 0 Å². The number of hydrogen-bond acceptors (Lipinski definition) is 2.